The highest BCUT2D eigenvalue weighted by molar-refractivity contribution is 7.90. The van der Waals surface area contributed by atoms with E-state index in [0.29, 0.717) is 43.1 Å². The molecule has 0 unspecified atom stereocenters. The van der Waals surface area contributed by atoms with Crippen LogP contribution in [0, 0.1) is 6.92 Å². The summed E-state index contributed by atoms with van der Waals surface area (Å²) in [7, 11) is -3.59. The second-order valence-corrected chi connectivity index (χ2v) is 6.83. The Balaban J connectivity index is 1.88. The van der Waals surface area contributed by atoms with Gasteiger partial charge in [-0.1, -0.05) is 0 Å². The summed E-state index contributed by atoms with van der Waals surface area (Å²) in [6, 6.07) is 6.77. The van der Waals surface area contributed by atoms with Gasteiger partial charge < -0.3 is 9.84 Å². The Hall–Kier alpha value is -1.90. The lowest BCUT2D eigenvalue weighted by Gasteiger charge is -2.26. The first-order valence-corrected chi connectivity index (χ1v) is 8.36. The molecule has 2 N–H and O–H groups in total. The van der Waals surface area contributed by atoms with Crippen molar-refractivity contribution < 1.29 is 18.3 Å². The highest BCUT2D eigenvalue weighted by atomic mass is 32.2. The maximum atomic E-state index is 12.3. The summed E-state index contributed by atoms with van der Waals surface area (Å²) >= 11 is 0. The SMILES string of the molecule is Cc1cc2cc(NS(=O)(=O)N3CCOCC3)ccc2nc1O. The molecule has 2 heterocycles. The Kier molecular flexibility index (Phi) is 3.90. The van der Waals surface area contributed by atoms with Crippen LogP contribution in [0.25, 0.3) is 10.9 Å². The quantitative estimate of drug-likeness (QED) is 0.886. The number of aromatic hydroxyl groups is 1. The van der Waals surface area contributed by atoms with Crippen LogP contribution in [0.3, 0.4) is 0 Å². The average Bonchev–Trinajstić information content (AvgIpc) is 2.49. The summed E-state index contributed by atoms with van der Waals surface area (Å²) < 4.78 is 33.7. The van der Waals surface area contributed by atoms with E-state index in [1.165, 1.54) is 4.31 Å². The van der Waals surface area contributed by atoms with E-state index in [2.05, 4.69) is 9.71 Å². The van der Waals surface area contributed by atoms with Crippen LogP contribution in [0.15, 0.2) is 24.3 Å². The van der Waals surface area contributed by atoms with Crippen molar-refractivity contribution in [2.45, 2.75) is 6.92 Å². The highest BCUT2D eigenvalue weighted by Crippen LogP contribution is 2.24. The van der Waals surface area contributed by atoms with Gasteiger partial charge in [0.1, 0.15) is 0 Å². The fraction of sp³-hybridized carbons (Fsp3) is 0.357. The number of hydrogen-bond donors (Lipinski definition) is 2. The molecule has 0 atom stereocenters. The monoisotopic (exact) mass is 323 g/mol. The number of benzene rings is 1. The van der Waals surface area contributed by atoms with Crippen molar-refractivity contribution in [1.82, 2.24) is 9.29 Å². The lowest BCUT2D eigenvalue weighted by molar-refractivity contribution is 0.0733. The Morgan fingerprint density at radius 2 is 2.00 bits per heavy atom. The number of pyridine rings is 1. The van der Waals surface area contributed by atoms with E-state index >= 15 is 0 Å². The van der Waals surface area contributed by atoms with Crippen molar-refractivity contribution in [1.29, 1.82) is 0 Å². The van der Waals surface area contributed by atoms with Crippen LogP contribution < -0.4 is 4.72 Å². The van der Waals surface area contributed by atoms with Gasteiger partial charge in [0.15, 0.2) is 0 Å². The summed E-state index contributed by atoms with van der Waals surface area (Å²) in [5.41, 5.74) is 1.71. The molecule has 1 aromatic heterocycles. The van der Waals surface area contributed by atoms with Gasteiger partial charge in [-0.2, -0.15) is 12.7 Å². The molecule has 22 heavy (non-hydrogen) atoms. The molecule has 3 rings (SSSR count). The molecule has 2 aromatic rings. The molecule has 118 valence electrons. The molecule has 0 spiro atoms. The van der Waals surface area contributed by atoms with Crippen molar-refractivity contribution in [3.05, 3.63) is 29.8 Å². The molecule has 0 saturated carbocycles. The molecular weight excluding hydrogens is 306 g/mol. The zero-order chi connectivity index (χ0) is 15.7. The standard InChI is InChI=1S/C14H17N3O4S/c1-10-8-11-9-12(2-3-13(11)15-14(10)18)16-22(19,20)17-4-6-21-7-5-17/h2-3,8-9,16H,4-7H2,1H3,(H,15,18). The number of aryl methyl sites for hydroxylation is 1. The van der Waals surface area contributed by atoms with Gasteiger partial charge in [0, 0.05) is 24.0 Å². The molecule has 0 aliphatic carbocycles. The fourth-order valence-corrected chi connectivity index (χ4v) is 3.52. The van der Waals surface area contributed by atoms with Crippen LogP contribution in [0.5, 0.6) is 5.88 Å². The Labute approximate surface area is 128 Å². The first-order valence-electron chi connectivity index (χ1n) is 6.92. The minimum atomic E-state index is -3.59. The molecule has 0 bridgehead atoms. The summed E-state index contributed by atoms with van der Waals surface area (Å²) in [4.78, 5) is 4.05. The van der Waals surface area contributed by atoms with E-state index in [0.717, 1.165) is 5.39 Å². The molecule has 1 aliphatic heterocycles. The first-order chi connectivity index (χ1) is 10.5. The van der Waals surface area contributed by atoms with Crippen molar-refractivity contribution in [2.24, 2.45) is 0 Å². The van der Waals surface area contributed by atoms with Gasteiger partial charge in [-0.15, -0.1) is 0 Å². The van der Waals surface area contributed by atoms with Gasteiger partial charge in [0.05, 0.1) is 24.4 Å². The third kappa shape index (κ3) is 2.99. The van der Waals surface area contributed by atoms with E-state index in [9.17, 15) is 13.5 Å². The maximum absolute atomic E-state index is 12.3. The fourth-order valence-electron chi connectivity index (χ4n) is 2.34. The normalized spacial score (nSPS) is 16.8. The minimum absolute atomic E-state index is 0.0193. The number of fused-ring (bicyclic) bond motifs is 1. The molecule has 1 saturated heterocycles. The zero-order valence-corrected chi connectivity index (χ0v) is 12.9. The summed E-state index contributed by atoms with van der Waals surface area (Å²) in [6.45, 7) is 3.24. The smallest absolute Gasteiger partial charge is 0.301 e. The maximum Gasteiger partial charge on any atom is 0.301 e. The van der Waals surface area contributed by atoms with Gasteiger partial charge in [0.2, 0.25) is 5.88 Å². The van der Waals surface area contributed by atoms with Crippen molar-refractivity contribution in [2.75, 3.05) is 31.0 Å². The Bertz CT molecular complexity index is 801. The van der Waals surface area contributed by atoms with Crippen LogP contribution in [-0.4, -0.2) is 49.1 Å². The number of morpholine rings is 1. The molecule has 1 aliphatic rings. The molecule has 1 fully saturated rings. The van der Waals surface area contributed by atoms with Gasteiger partial charge in [-0.05, 0) is 31.2 Å². The van der Waals surface area contributed by atoms with Gasteiger partial charge in [0.25, 0.3) is 0 Å². The predicted molar refractivity (Wildman–Crippen MR) is 83.1 cm³/mol. The second-order valence-electron chi connectivity index (χ2n) is 5.15. The second kappa shape index (κ2) is 5.71. The predicted octanol–water partition coefficient (Wildman–Crippen LogP) is 1.24. The number of aromatic nitrogens is 1. The van der Waals surface area contributed by atoms with Crippen molar-refractivity contribution in [3.8, 4) is 5.88 Å². The molecule has 0 radical (unpaired) electrons. The third-order valence-electron chi connectivity index (χ3n) is 3.54. The van der Waals surface area contributed by atoms with E-state index in [1.807, 2.05) is 0 Å². The van der Waals surface area contributed by atoms with E-state index in [4.69, 9.17) is 4.74 Å². The van der Waals surface area contributed by atoms with Crippen LogP contribution in [-0.2, 0) is 14.9 Å². The first kappa shape index (κ1) is 15.0. The number of nitrogens with one attached hydrogen (secondary N) is 1. The molecule has 7 nitrogen and oxygen atoms in total. The molecule has 0 amide bonds. The summed E-state index contributed by atoms with van der Waals surface area (Å²) in [5, 5.41) is 10.4. The largest absolute Gasteiger partial charge is 0.493 e. The van der Waals surface area contributed by atoms with Crippen LogP contribution in [0.4, 0.5) is 5.69 Å². The third-order valence-corrected chi connectivity index (χ3v) is 5.07. The average molecular weight is 323 g/mol. The zero-order valence-electron chi connectivity index (χ0n) is 12.1. The molecule has 1 aromatic carbocycles. The van der Waals surface area contributed by atoms with Crippen LogP contribution in [0.1, 0.15) is 5.56 Å². The topological polar surface area (TPSA) is 91.8 Å². The van der Waals surface area contributed by atoms with E-state index < -0.39 is 10.2 Å². The number of hydrogen-bond acceptors (Lipinski definition) is 5. The van der Waals surface area contributed by atoms with Gasteiger partial charge in [-0.25, -0.2) is 4.98 Å². The van der Waals surface area contributed by atoms with Crippen molar-refractivity contribution in [3.63, 3.8) is 0 Å². The number of ether oxygens (including phenoxy) is 1. The lowest BCUT2D eigenvalue weighted by Crippen LogP contribution is -2.43. The molecule has 8 heteroatoms. The number of anilines is 1. The summed E-state index contributed by atoms with van der Waals surface area (Å²) in [5.74, 6) is -0.0193. The van der Waals surface area contributed by atoms with Crippen LogP contribution in [0.2, 0.25) is 0 Å². The Morgan fingerprint density at radius 1 is 1.27 bits per heavy atom. The van der Waals surface area contributed by atoms with E-state index in [1.54, 1.807) is 31.2 Å². The lowest BCUT2D eigenvalue weighted by atomic mass is 10.1. The minimum Gasteiger partial charge on any atom is -0.493 e. The van der Waals surface area contributed by atoms with Gasteiger partial charge >= 0.3 is 10.2 Å². The van der Waals surface area contributed by atoms with E-state index in [-0.39, 0.29) is 5.88 Å². The van der Waals surface area contributed by atoms with Crippen LogP contribution >= 0.6 is 0 Å². The van der Waals surface area contributed by atoms with Crippen molar-refractivity contribution >= 4 is 26.8 Å². The number of rotatable bonds is 3. The summed E-state index contributed by atoms with van der Waals surface area (Å²) in [6.07, 6.45) is 0. The Morgan fingerprint density at radius 3 is 2.73 bits per heavy atom. The molecular formula is C14H17N3O4S. The highest BCUT2D eigenvalue weighted by Gasteiger charge is 2.24. The number of nitrogens with zero attached hydrogens (tertiary/aromatic N) is 2. The van der Waals surface area contributed by atoms with Gasteiger partial charge in [-0.3, -0.25) is 4.72 Å².